The van der Waals surface area contributed by atoms with Crippen LogP contribution in [0.15, 0.2) is 47.3 Å². The topological polar surface area (TPSA) is 41.4 Å². The van der Waals surface area contributed by atoms with Crippen molar-refractivity contribution in [2.75, 3.05) is 38.1 Å². The molecule has 0 saturated carbocycles. The molecule has 4 rings (SSSR count). The summed E-state index contributed by atoms with van der Waals surface area (Å²) in [5.41, 5.74) is 2.30. The van der Waals surface area contributed by atoms with Gasteiger partial charge in [-0.25, -0.2) is 4.98 Å². The van der Waals surface area contributed by atoms with E-state index >= 15 is 0 Å². The lowest BCUT2D eigenvalue weighted by Crippen LogP contribution is -2.44. The Balaban J connectivity index is 1.90. The Kier molecular flexibility index (Phi) is 5.08. The first-order valence-electron chi connectivity index (χ1n) is 8.88. The zero-order valence-corrected chi connectivity index (χ0v) is 16.5. The summed E-state index contributed by atoms with van der Waals surface area (Å²) in [4.78, 5) is 22.7. The molecule has 7 heteroatoms. The minimum atomic E-state index is -0.117. The van der Waals surface area contributed by atoms with Crippen LogP contribution in [-0.2, 0) is 5.88 Å². The highest BCUT2D eigenvalue weighted by atomic mass is 35.5. The summed E-state index contributed by atoms with van der Waals surface area (Å²) in [6, 6.07) is 12.9. The molecule has 0 radical (unpaired) electrons. The smallest absolute Gasteiger partial charge is 0.266 e. The van der Waals surface area contributed by atoms with Crippen molar-refractivity contribution in [1.82, 2.24) is 14.5 Å². The van der Waals surface area contributed by atoms with Gasteiger partial charge in [-0.05, 0) is 43.4 Å². The SMILES string of the molecule is CN1CCN(c2cccc3c(=O)n(-c4ccc(Cl)cc4)c(CCl)nc23)CC1. The van der Waals surface area contributed by atoms with Gasteiger partial charge in [0.1, 0.15) is 11.3 Å². The molecular formula is C20H20Cl2N4O. The second-order valence-corrected chi connectivity index (χ2v) is 7.45. The van der Waals surface area contributed by atoms with Crippen LogP contribution in [-0.4, -0.2) is 47.7 Å². The van der Waals surface area contributed by atoms with Gasteiger partial charge in [0, 0.05) is 31.2 Å². The summed E-state index contributed by atoms with van der Waals surface area (Å²) in [6.07, 6.45) is 0. The van der Waals surface area contributed by atoms with Crippen LogP contribution in [0.5, 0.6) is 0 Å². The Morgan fingerprint density at radius 1 is 1.04 bits per heavy atom. The van der Waals surface area contributed by atoms with E-state index in [4.69, 9.17) is 28.2 Å². The first kappa shape index (κ1) is 18.3. The molecule has 1 fully saturated rings. The average Bonchev–Trinajstić information content (AvgIpc) is 2.69. The first-order valence-corrected chi connectivity index (χ1v) is 9.80. The lowest BCUT2D eigenvalue weighted by atomic mass is 10.1. The number of hydrogen-bond donors (Lipinski definition) is 0. The number of piperazine rings is 1. The third-order valence-electron chi connectivity index (χ3n) is 5.00. The molecule has 1 aromatic heterocycles. The molecular weight excluding hydrogens is 383 g/mol. The standard InChI is InChI=1S/C20H20Cl2N4O/c1-24-9-11-25(12-10-24)17-4-2-3-16-19(17)23-18(13-21)26(20(16)27)15-7-5-14(22)6-8-15/h2-8H,9-13H2,1H3. The monoisotopic (exact) mass is 402 g/mol. The number of alkyl halides is 1. The number of para-hydroxylation sites is 1. The molecule has 0 amide bonds. The fourth-order valence-corrected chi connectivity index (χ4v) is 3.79. The zero-order valence-electron chi connectivity index (χ0n) is 15.0. The van der Waals surface area contributed by atoms with E-state index in [9.17, 15) is 4.79 Å². The summed E-state index contributed by atoms with van der Waals surface area (Å²) >= 11 is 12.2. The molecule has 0 aliphatic carbocycles. The zero-order chi connectivity index (χ0) is 19.0. The molecule has 1 aliphatic rings. The Hall–Kier alpha value is -2.08. The predicted octanol–water partition coefficient (Wildman–Crippen LogP) is 3.53. The Morgan fingerprint density at radius 3 is 2.41 bits per heavy atom. The van der Waals surface area contributed by atoms with E-state index in [-0.39, 0.29) is 11.4 Å². The first-order chi connectivity index (χ1) is 13.1. The number of benzene rings is 2. The van der Waals surface area contributed by atoms with Gasteiger partial charge in [0.25, 0.3) is 5.56 Å². The maximum Gasteiger partial charge on any atom is 0.266 e. The molecule has 27 heavy (non-hydrogen) atoms. The number of likely N-dealkylation sites (N-methyl/N-ethyl adjacent to an activating group) is 1. The van der Waals surface area contributed by atoms with E-state index in [1.54, 1.807) is 28.8 Å². The van der Waals surface area contributed by atoms with Crippen LogP contribution >= 0.6 is 23.2 Å². The number of nitrogens with zero attached hydrogens (tertiary/aromatic N) is 4. The minimum absolute atomic E-state index is 0.117. The second-order valence-electron chi connectivity index (χ2n) is 6.74. The van der Waals surface area contributed by atoms with E-state index < -0.39 is 0 Å². The fraction of sp³-hybridized carbons (Fsp3) is 0.300. The van der Waals surface area contributed by atoms with Gasteiger partial charge < -0.3 is 9.80 Å². The average molecular weight is 403 g/mol. The molecule has 0 atom stereocenters. The number of fused-ring (bicyclic) bond motifs is 1. The van der Waals surface area contributed by atoms with Gasteiger partial charge in [-0.15, -0.1) is 11.6 Å². The van der Waals surface area contributed by atoms with Crippen molar-refractivity contribution in [3.8, 4) is 5.69 Å². The van der Waals surface area contributed by atoms with Gasteiger partial charge >= 0.3 is 0 Å². The van der Waals surface area contributed by atoms with Crippen molar-refractivity contribution < 1.29 is 0 Å². The van der Waals surface area contributed by atoms with Crippen molar-refractivity contribution in [2.45, 2.75) is 5.88 Å². The fourth-order valence-electron chi connectivity index (χ4n) is 3.49. The van der Waals surface area contributed by atoms with Crippen LogP contribution < -0.4 is 10.5 Å². The van der Waals surface area contributed by atoms with Crippen molar-refractivity contribution in [3.63, 3.8) is 0 Å². The molecule has 1 saturated heterocycles. The number of rotatable bonds is 3. The predicted molar refractivity (Wildman–Crippen MR) is 112 cm³/mol. The lowest BCUT2D eigenvalue weighted by Gasteiger charge is -2.34. The largest absolute Gasteiger partial charge is 0.367 e. The minimum Gasteiger partial charge on any atom is -0.367 e. The molecule has 3 aromatic rings. The number of halogens is 2. The molecule has 140 valence electrons. The van der Waals surface area contributed by atoms with E-state index in [1.807, 2.05) is 18.2 Å². The molecule has 0 N–H and O–H groups in total. The third kappa shape index (κ3) is 3.43. The highest BCUT2D eigenvalue weighted by Gasteiger charge is 2.20. The normalized spacial score (nSPS) is 15.4. The van der Waals surface area contributed by atoms with Crippen LogP contribution in [0.4, 0.5) is 5.69 Å². The van der Waals surface area contributed by atoms with Gasteiger partial charge in [0.15, 0.2) is 0 Å². The number of hydrogen-bond acceptors (Lipinski definition) is 4. The van der Waals surface area contributed by atoms with Crippen molar-refractivity contribution in [1.29, 1.82) is 0 Å². The van der Waals surface area contributed by atoms with Crippen molar-refractivity contribution >= 4 is 39.8 Å². The van der Waals surface area contributed by atoms with Crippen molar-refractivity contribution in [2.24, 2.45) is 0 Å². The Bertz CT molecular complexity index is 1020. The van der Waals surface area contributed by atoms with Gasteiger partial charge in [-0.1, -0.05) is 17.7 Å². The maximum atomic E-state index is 13.3. The van der Waals surface area contributed by atoms with E-state index in [1.165, 1.54) is 0 Å². The molecule has 2 heterocycles. The van der Waals surface area contributed by atoms with Crippen LogP contribution in [0.2, 0.25) is 5.02 Å². The van der Waals surface area contributed by atoms with Crippen molar-refractivity contribution in [3.05, 3.63) is 63.7 Å². The molecule has 2 aromatic carbocycles. The van der Waals surface area contributed by atoms with E-state index in [0.29, 0.717) is 27.4 Å². The van der Waals surface area contributed by atoms with Gasteiger partial charge in [-0.2, -0.15) is 0 Å². The van der Waals surface area contributed by atoms with Crippen LogP contribution in [0.25, 0.3) is 16.6 Å². The van der Waals surface area contributed by atoms with Crippen LogP contribution in [0.1, 0.15) is 5.82 Å². The highest BCUT2D eigenvalue weighted by Crippen LogP contribution is 2.26. The second kappa shape index (κ2) is 7.50. The van der Waals surface area contributed by atoms with Gasteiger partial charge in [0.2, 0.25) is 0 Å². The summed E-state index contributed by atoms with van der Waals surface area (Å²) in [5.74, 6) is 0.670. The highest BCUT2D eigenvalue weighted by molar-refractivity contribution is 6.30. The molecule has 0 bridgehead atoms. The summed E-state index contributed by atoms with van der Waals surface area (Å²) in [7, 11) is 2.12. The van der Waals surface area contributed by atoms with Crippen LogP contribution in [0.3, 0.4) is 0 Å². The Morgan fingerprint density at radius 2 is 1.74 bits per heavy atom. The van der Waals surface area contributed by atoms with Gasteiger partial charge in [-0.3, -0.25) is 9.36 Å². The molecule has 1 aliphatic heterocycles. The molecule has 0 spiro atoms. The molecule has 0 unspecified atom stereocenters. The van der Waals surface area contributed by atoms with Crippen LogP contribution in [0, 0.1) is 0 Å². The third-order valence-corrected chi connectivity index (χ3v) is 5.49. The lowest BCUT2D eigenvalue weighted by molar-refractivity contribution is 0.313. The van der Waals surface area contributed by atoms with Gasteiger partial charge in [0.05, 0.1) is 22.6 Å². The number of aromatic nitrogens is 2. The van der Waals surface area contributed by atoms with E-state index in [2.05, 4.69) is 16.8 Å². The summed E-state index contributed by atoms with van der Waals surface area (Å²) < 4.78 is 1.57. The van der Waals surface area contributed by atoms with E-state index in [0.717, 1.165) is 31.9 Å². The Labute approximate surface area is 167 Å². The number of anilines is 1. The maximum absolute atomic E-state index is 13.3. The molecule has 5 nitrogen and oxygen atoms in total. The summed E-state index contributed by atoms with van der Waals surface area (Å²) in [6.45, 7) is 3.79. The summed E-state index contributed by atoms with van der Waals surface area (Å²) in [5, 5.41) is 1.21. The quantitative estimate of drug-likeness (QED) is 0.628.